The van der Waals surface area contributed by atoms with Crippen molar-refractivity contribution in [2.45, 2.75) is 13.2 Å². The van der Waals surface area contributed by atoms with Crippen molar-refractivity contribution in [3.05, 3.63) is 69.8 Å². The number of benzene rings is 2. The van der Waals surface area contributed by atoms with Crippen molar-refractivity contribution in [3.63, 3.8) is 0 Å². The van der Waals surface area contributed by atoms with E-state index in [-0.39, 0.29) is 0 Å². The Labute approximate surface area is 168 Å². The summed E-state index contributed by atoms with van der Waals surface area (Å²) < 4.78 is 10.6. The Balaban J connectivity index is 2.25. The second-order valence-corrected chi connectivity index (χ2v) is 6.82. The van der Waals surface area contributed by atoms with E-state index in [1.165, 1.54) is 0 Å². The molecule has 0 radical (unpaired) electrons. The number of methoxy groups -OCH3 is 2. The van der Waals surface area contributed by atoms with Crippen LogP contribution >= 0.6 is 23.2 Å². The van der Waals surface area contributed by atoms with E-state index in [2.05, 4.69) is 0 Å². The highest BCUT2D eigenvalue weighted by molar-refractivity contribution is 6.36. The molecule has 0 amide bonds. The molecule has 0 atom stereocenters. The molecule has 6 heteroatoms. The minimum atomic E-state index is 0.354. The molecule has 0 fully saturated rings. The van der Waals surface area contributed by atoms with E-state index < -0.39 is 0 Å². The fourth-order valence-electron chi connectivity index (χ4n) is 2.91. The number of nitrogens with two attached hydrogens (primary N) is 1. The van der Waals surface area contributed by atoms with Crippen molar-refractivity contribution in [1.29, 1.82) is 0 Å². The average molecular weight is 403 g/mol. The molecule has 0 bridgehead atoms. The molecule has 0 unspecified atom stereocenters. The predicted octanol–water partition coefficient (Wildman–Crippen LogP) is 5.34. The monoisotopic (exact) mass is 402 g/mol. The van der Waals surface area contributed by atoms with Crippen LogP contribution in [0.4, 0.5) is 0 Å². The Kier molecular flexibility index (Phi) is 6.34. The lowest BCUT2D eigenvalue weighted by atomic mass is 9.96. The van der Waals surface area contributed by atoms with Gasteiger partial charge in [-0.3, -0.25) is 0 Å². The molecule has 0 saturated heterocycles. The van der Waals surface area contributed by atoms with Gasteiger partial charge < -0.3 is 15.2 Å². The molecule has 1 heterocycles. The van der Waals surface area contributed by atoms with Crippen LogP contribution in [0, 0.1) is 0 Å². The zero-order chi connectivity index (χ0) is 19.4. The van der Waals surface area contributed by atoms with Gasteiger partial charge in [0.2, 0.25) is 0 Å². The lowest BCUT2D eigenvalue weighted by Gasteiger charge is -2.16. The van der Waals surface area contributed by atoms with E-state index in [9.17, 15) is 0 Å². The molecule has 0 spiro atoms. The van der Waals surface area contributed by atoms with Crippen LogP contribution in [0.15, 0.2) is 48.5 Å². The largest absolute Gasteiger partial charge is 0.497 e. The maximum Gasteiger partial charge on any atom is 0.118 e. The predicted molar refractivity (Wildman–Crippen MR) is 110 cm³/mol. The van der Waals surface area contributed by atoms with E-state index in [0.717, 1.165) is 39.4 Å². The van der Waals surface area contributed by atoms with E-state index in [1.54, 1.807) is 20.3 Å². The van der Waals surface area contributed by atoms with Gasteiger partial charge in [-0.25, -0.2) is 4.98 Å². The molecule has 0 aliphatic heterocycles. The lowest BCUT2D eigenvalue weighted by molar-refractivity contribution is 0.181. The smallest absolute Gasteiger partial charge is 0.118 e. The van der Waals surface area contributed by atoms with Gasteiger partial charge >= 0.3 is 0 Å². The molecule has 140 valence electrons. The summed E-state index contributed by atoms with van der Waals surface area (Å²) in [5.74, 6) is 0.778. The molecule has 4 nitrogen and oxygen atoms in total. The third-order valence-electron chi connectivity index (χ3n) is 4.28. The highest BCUT2D eigenvalue weighted by Crippen LogP contribution is 2.37. The van der Waals surface area contributed by atoms with Crippen molar-refractivity contribution in [3.8, 4) is 28.1 Å². The van der Waals surface area contributed by atoms with E-state index in [0.29, 0.717) is 23.2 Å². The number of hydrogen-bond donors (Lipinski definition) is 1. The zero-order valence-electron chi connectivity index (χ0n) is 15.1. The second-order valence-electron chi connectivity index (χ2n) is 5.98. The zero-order valence-corrected chi connectivity index (χ0v) is 16.6. The molecule has 0 aliphatic rings. The first-order valence-corrected chi connectivity index (χ1v) is 9.14. The summed E-state index contributed by atoms with van der Waals surface area (Å²) in [6.07, 6.45) is 0. The summed E-state index contributed by atoms with van der Waals surface area (Å²) in [7, 11) is 3.28. The Bertz CT molecular complexity index is 944. The maximum absolute atomic E-state index is 6.48. The number of rotatable bonds is 6. The van der Waals surface area contributed by atoms with Crippen molar-refractivity contribution >= 4 is 23.2 Å². The van der Waals surface area contributed by atoms with E-state index in [4.69, 9.17) is 43.4 Å². The fourth-order valence-corrected chi connectivity index (χ4v) is 3.42. The minimum absolute atomic E-state index is 0.354. The van der Waals surface area contributed by atoms with Gasteiger partial charge in [0.15, 0.2) is 0 Å². The first-order chi connectivity index (χ1) is 13.1. The van der Waals surface area contributed by atoms with Crippen LogP contribution in [0.25, 0.3) is 22.4 Å². The van der Waals surface area contributed by atoms with Crippen molar-refractivity contribution in [1.82, 2.24) is 4.98 Å². The quantitative estimate of drug-likeness (QED) is 0.604. The molecule has 0 aliphatic carbocycles. The molecule has 0 saturated carbocycles. The third-order valence-corrected chi connectivity index (χ3v) is 4.82. The van der Waals surface area contributed by atoms with Crippen LogP contribution in [0.3, 0.4) is 0 Å². The minimum Gasteiger partial charge on any atom is -0.497 e. The van der Waals surface area contributed by atoms with Crippen LogP contribution < -0.4 is 10.5 Å². The number of pyridine rings is 1. The number of aromatic nitrogens is 1. The van der Waals surface area contributed by atoms with Gasteiger partial charge in [0.25, 0.3) is 0 Å². The summed E-state index contributed by atoms with van der Waals surface area (Å²) in [6.45, 7) is 0.733. The number of halogens is 2. The molecular weight excluding hydrogens is 383 g/mol. The molecule has 2 aromatic carbocycles. The Hall–Kier alpha value is -2.11. The van der Waals surface area contributed by atoms with Gasteiger partial charge in [0.05, 0.1) is 25.1 Å². The summed E-state index contributed by atoms with van der Waals surface area (Å²) >= 11 is 12.5. The van der Waals surface area contributed by atoms with Crippen molar-refractivity contribution in [2.24, 2.45) is 5.73 Å². The summed E-state index contributed by atoms with van der Waals surface area (Å²) in [5.41, 5.74) is 11.1. The fraction of sp³-hybridized carbons (Fsp3) is 0.190. The Morgan fingerprint density at radius 1 is 0.963 bits per heavy atom. The molecule has 1 aromatic heterocycles. The molecule has 27 heavy (non-hydrogen) atoms. The standard InChI is InChI=1S/C21H20Cl2N2O2/c1-26-12-20-14(11-24)9-18(17-8-5-15(22)10-19(17)23)21(25-20)13-3-6-16(27-2)7-4-13/h3-10H,11-12,24H2,1-2H3. The first-order valence-electron chi connectivity index (χ1n) is 8.39. The molecule has 2 N–H and O–H groups in total. The van der Waals surface area contributed by atoms with Crippen LogP contribution in [0.2, 0.25) is 10.0 Å². The van der Waals surface area contributed by atoms with Crippen molar-refractivity contribution in [2.75, 3.05) is 14.2 Å². The van der Waals surface area contributed by atoms with Crippen LogP contribution in [0.5, 0.6) is 5.75 Å². The summed E-state index contributed by atoms with van der Waals surface area (Å²) in [4.78, 5) is 4.86. The summed E-state index contributed by atoms with van der Waals surface area (Å²) in [5, 5.41) is 1.14. The molecule has 3 rings (SSSR count). The number of hydrogen-bond acceptors (Lipinski definition) is 4. The van der Waals surface area contributed by atoms with E-state index >= 15 is 0 Å². The van der Waals surface area contributed by atoms with Crippen LogP contribution in [-0.4, -0.2) is 19.2 Å². The highest BCUT2D eigenvalue weighted by atomic mass is 35.5. The van der Waals surface area contributed by atoms with Crippen molar-refractivity contribution < 1.29 is 9.47 Å². The molecule has 3 aromatic rings. The Morgan fingerprint density at radius 3 is 2.30 bits per heavy atom. The SMILES string of the molecule is COCc1nc(-c2ccc(OC)cc2)c(-c2ccc(Cl)cc2Cl)cc1CN. The maximum atomic E-state index is 6.48. The van der Waals surface area contributed by atoms with Gasteiger partial charge in [0, 0.05) is 40.4 Å². The highest BCUT2D eigenvalue weighted by Gasteiger charge is 2.17. The summed E-state index contributed by atoms with van der Waals surface area (Å²) in [6, 6.07) is 15.2. The molecular formula is C21H20Cl2N2O2. The third kappa shape index (κ3) is 4.25. The van der Waals surface area contributed by atoms with Gasteiger partial charge in [-0.05, 0) is 48.0 Å². The first kappa shape index (κ1) is 19.6. The number of nitrogens with zero attached hydrogens (tertiary/aromatic N) is 1. The van der Waals surface area contributed by atoms with Gasteiger partial charge in [-0.15, -0.1) is 0 Å². The topological polar surface area (TPSA) is 57.4 Å². The second kappa shape index (κ2) is 8.72. The Morgan fingerprint density at radius 2 is 1.70 bits per heavy atom. The van der Waals surface area contributed by atoms with Crippen LogP contribution in [0.1, 0.15) is 11.3 Å². The van der Waals surface area contributed by atoms with Gasteiger partial charge in [0.1, 0.15) is 5.75 Å². The normalized spacial score (nSPS) is 10.9. The number of ether oxygens (including phenoxy) is 2. The van der Waals surface area contributed by atoms with Gasteiger partial charge in [-0.1, -0.05) is 29.3 Å². The average Bonchev–Trinajstić information content (AvgIpc) is 2.68. The lowest BCUT2D eigenvalue weighted by Crippen LogP contribution is -2.07. The van der Waals surface area contributed by atoms with Crippen LogP contribution in [-0.2, 0) is 17.9 Å². The van der Waals surface area contributed by atoms with Gasteiger partial charge in [-0.2, -0.15) is 0 Å². The van der Waals surface area contributed by atoms with E-state index in [1.807, 2.05) is 42.5 Å².